The third-order valence-electron chi connectivity index (χ3n) is 5.76. The van der Waals surface area contributed by atoms with Crippen LogP contribution in [0.25, 0.3) is 0 Å². The molecule has 20 heavy (non-hydrogen) atoms. The summed E-state index contributed by atoms with van der Waals surface area (Å²) in [5.74, 6) is -0.330. The predicted octanol–water partition coefficient (Wildman–Crippen LogP) is 0.867. The monoisotopic (exact) mass is 276 g/mol. The molecule has 1 N–H and O–H groups in total. The van der Waals surface area contributed by atoms with Crippen molar-refractivity contribution in [1.82, 2.24) is 4.90 Å². The lowest BCUT2D eigenvalue weighted by molar-refractivity contribution is -0.164. The molecule has 4 atom stereocenters. The summed E-state index contributed by atoms with van der Waals surface area (Å²) in [6, 6.07) is 2.02. The largest absolute Gasteiger partial charge is 0.391 e. The number of aliphatic hydroxyl groups excluding tert-OH is 1. The van der Waals surface area contributed by atoms with Gasteiger partial charge >= 0.3 is 0 Å². The number of aliphatic hydroxyl groups is 1. The minimum Gasteiger partial charge on any atom is -0.391 e. The number of ketones is 1. The number of carbonyl (C=O) groups is 2. The molecule has 2 aliphatic heterocycles. The highest BCUT2D eigenvalue weighted by molar-refractivity contribution is 5.93. The number of Topliss-reactive ketones (excluding diaryl/α,β-unsaturated/α-hetero) is 1. The van der Waals surface area contributed by atoms with Gasteiger partial charge in [0.25, 0.3) is 0 Å². The standard InChI is InChI=1S/C15H20N2O3/c1-14(2)11-7-9-10(18)4-6-17(9)13(20)15(11,8-16)5-3-12(14)19/h9-11,18H,3-7H2,1-2H3/t9-,10-,11-,15-/m0/s1. The second-order valence-corrected chi connectivity index (χ2v) is 6.94. The van der Waals surface area contributed by atoms with E-state index in [1.54, 1.807) is 4.90 Å². The van der Waals surface area contributed by atoms with Gasteiger partial charge in [-0.05, 0) is 19.3 Å². The highest BCUT2D eigenvalue weighted by atomic mass is 16.3. The Hall–Kier alpha value is -1.41. The molecule has 108 valence electrons. The Morgan fingerprint density at radius 3 is 2.75 bits per heavy atom. The van der Waals surface area contributed by atoms with Gasteiger partial charge in [-0.15, -0.1) is 0 Å². The Kier molecular flexibility index (Phi) is 2.74. The molecule has 2 saturated heterocycles. The normalized spacial score (nSPS) is 42.9. The van der Waals surface area contributed by atoms with Crippen LogP contribution in [0.4, 0.5) is 0 Å². The summed E-state index contributed by atoms with van der Waals surface area (Å²) in [4.78, 5) is 26.7. The van der Waals surface area contributed by atoms with Crippen LogP contribution in [-0.2, 0) is 9.59 Å². The van der Waals surface area contributed by atoms with E-state index in [9.17, 15) is 20.0 Å². The molecule has 5 heteroatoms. The molecule has 0 spiro atoms. The zero-order valence-electron chi connectivity index (χ0n) is 11.9. The third-order valence-corrected chi connectivity index (χ3v) is 5.76. The Balaban J connectivity index is 2.08. The zero-order valence-corrected chi connectivity index (χ0v) is 11.9. The Morgan fingerprint density at radius 2 is 2.10 bits per heavy atom. The van der Waals surface area contributed by atoms with Crippen LogP contribution >= 0.6 is 0 Å². The van der Waals surface area contributed by atoms with Gasteiger partial charge in [0.05, 0.1) is 18.2 Å². The van der Waals surface area contributed by atoms with Crippen molar-refractivity contribution >= 4 is 11.7 Å². The fourth-order valence-corrected chi connectivity index (χ4v) is 4.42. The van der Waals surface area contributed by atoms with Crippen LogP contribution in [0.3, 0.4) is 0 Å². The molecular weight excluding hydrogens is 256 g/mol. The van der Waals surface area contributed by atoms with Gasteiger partial charge in [0.1, 0.15) is 11.2 Å². The summed E-state index contributed by atoms with van der Waals surface area (Å²) < 4.78 is 0. The first-order valence-electron chi connectivity index (χ1n) is 7.28. The predicted molar refractivity (Wildman–Crippen MR) is 70.3 cm³/mol. The second-order valence-electron chi connectivity index (χ2n) is 6.94. The van der Waals surface area contributed by atoms with E-state index >= 15 is 0 Å². The molecule has 1 aliphatic carbocycles. The van der Waals surface area contributed by atoms with Crippen molar-refractivity contribution in [3.05, 3.63) is 0 Å². The lowest BCUT2D eigenvalue weighted by Crippen LogP contribution is -2.63. The van der Waals surface area contributed by atoms with Crippen molar-refractivity contribution in [2.75, 3.05) is 6.54 Å². The van der Waals surface area contributed by atoms with Crippen LogP contribution in [0.15, 0.2) is 0 Å². The van der Waals surface area contributed by atoms with Gasteiger partial charge in [-0.1, -0.05) is 13.8 Å². The van der Waals surface area contributed by atoms with Crippen LogP contribution in [0.1, 0.15) is 39.5 Å². The molecule has 0 unspecified atom stereocenters. The summed E-state index contributed by atoms with van der Waals surface area (Å²) in [5.41, 5.74) is -1.74. The fraction of sp³-hybridized carbons (Fsp3) is 0.800. The Labute approximate surface area is 118 Å². The number of hydrogen-bond donors (Lipinski definition) is 1. The summed E-state index contributed by atoms with van der Waals surface area (Å²) >= 11 is 0. The van der Waals surface area contributed by atoms with Crippen LogP contribution in [-0.4, -0.2) is 40.4 Å². The molecule has 1 amide bonds. The van der Waals surface area contributed by atoms with E-state index in [1.807, 2.05) is 13.8 Å². The van der Waals surface area contributed by atoms with Crippen molar-refractivity contribution < 1.29 is 14.7 Å². The first-order chi connectivity index (χ1) is 9.34. The number of amides is 1. The number of fused-ring (bicyclic) bond motifs is 2. The van der Waals surface area contributed by atoms with E-state index in [0.29, 0.717) is 32.2 Å². The Morgan fingerprint density at radius 1 is 1.40 bits per heavy atom. The molecule has 3 fully saturated rings. The maximum atomic E-state index is 12.8. The van der Waals surface area contributed by atoms with Gasteiger partial charge in [0.15, 0.2) is 0 Å². The lowest BCUT2D eigenvalue weighted by atomic mass is 9.52. The van der Waals surface area contributed by atoms with Gasteiger partial charge < -0.3 is 10.0 Å². The highest BCUT2D eigenvalue weighted by Gasteiger charge is 2.64. The third kappa shape index (κ3) is 1.46. The van der Waals surface area contributed by atoms with Crippen molar-refractivity contribution in [3.63, 3.8) is 0 Å². The quantitative estimate of drug-likeness (QED) is 0.711. The van der Waals surface area contributed by atoms with Crippen LogP contribution in [0, 0.1) is 28.1 Å². The van der Waals surface area contributed by atoms with Gasteiger partial charge in [-0.2, -0.15) is 5.26 Å². The van der Waals surface area contributed by atoms with Gasteiger partial charge in [-0.25, -0.2) is 0 Å². The molecule has 0 aromatic heterocycles. The summed E-state index contributed by atoms with van der Waals surface area (Å²) in [7, 11) is 0. The second kappa shape index (κ2) is 4.05. The molecular formula is C15H20N2O3. The first kappa shape index (κ1) is 13.6. The molecule has 3 rings (SSSR count). The molecule has 0 radical (unpaired) electrons. The van der Waals surface area contributed by atoms with E-state index in [2.05, 4.69) is 6.07 Å². The minimum absolute atomic E-state index is 0.127. The zero-order chi connectivity index (χ0) is 14.7. The van der Waals surface area contributed by atoms with Crippen LogP contribution in [0.2, 0.25) is 0 Å². The van der Waals surface area contributed by atoms with E-state index in [-0.39, 0.29) is 23.7 Å². The number of hydrogen-bond acceptors (Lipinski definition) is 4. The molecule has 0 aromatic carbocycles. The molecule has 3 aliphatic rings. The van der Waals surface area contributed by atoms with Crippen molar-refractivity contribution in [1.29, 1.82) is 5.26 Å². The SMILES string of the molecule is CC1(C)C(=O)CC[C@@]2(C#N)C(=O)N3CC[C@H](O)[C@@H]3C[C@@H]12. The minimum atomic E-state index is -1.07. The summed E-state index contributed by atoms with van der Waals surface area (Å²) in [6.07, 6.45) is 1.22. The van der Waals surface area contributed by atoms with Crippen molar-refractivity contribution in [3.8, 4) is 6.07 Å². The number of nitrogens with zero attached hydrogens (tertiary/aromatic N) is 2. The van der Waals surface area contributed by atoms with Gasteiger partial charge in [0, 0.05) is 24.3 Å². The lowest BCUT2D eigenvalue weighted by Gasteiger charge is -2.53. The topological polar surface area (TPSA) is 81.4 Å². The van der Waals surface area contributed by atoms with Crippen molar-refractivity contribution in [2.24, 2.45) is 16.7 Å². The average molecular weight is 276 g/mol. The molecule has 0 aromatic rings. The number of carbonyl (C=O) groups excluding carboxylic acids is 2. The van der Waals surface area contributed by atoms with Crippen LogP contribution < -0.4 is 0 Å². The summed E-state index contributed by atoms with van der Waals surface area (Å²) in [6.45, 7) is 4.21. The molecule has 2 heterocycles. The van der Waals surface area contributed by atoms with E-state index in [4.69, 9.17) is 0 Å². The first-order valence-corrected chi connectivity index (χ1v) is 7.28. The van der Waals surface area contributed by atoms with Crippen LogP contribution in [0.5, 0.6) is 0 Å². The fourth-order valence-electron chi connectivity index (χ4n) is 4.42. The van der Waals surface area contributed by atoms with E-state index < -0.39 is 16.9 Å². The number of rotatable bonds is 0. The number of nitriles is 1. The van der Waals surface area contributed by atoms with Gasteiger partial charge in [-0.3, -0.25) is 9.59 Å². The maximum Gasteiger partial charge on any atom is 0.243 e. The van der Waals surface area contributed by atoms with E-state index in [1.165, 1.54) is 0 Å². The highest BCUT2D eigenvalue weighted by Crippen LogP contribution is 2.56. The molecule has 1 saturated carbocycles. The summed E-state index contributed by atoms with van der Waals surface area (Å²) in [5, 5.41) is 19.7. The van der Waals surface area contributed by atoms with Gasteiger partial charge in [0.2, 0.25) is 5.91 Å². The average Bonchev–Trinajstić information content (AvgIpc) is 2.78. The number of piperidine rings is 1. The molecule has 5 nitrogen and oxygen atoms in total. The Bertz CT molecular complexity index is 522. The smallest absolute Gasteiger partial charge is 0.243 e. The van der Waals surface area contributed by atoms with E-state index in [0.717, 1.165) is 0 Å². The van der Waals surface area contributed by atoms with Crippen molar-refractivity contribution in [2.45, 2.75) is 51.7 Å². The molecule has 0 bridgehead atoms. The maximum absolute atomic E-state index is 12.8.